The SMILES string of the molecule is CCCCCCCC(=O)c1c2cc(C(=O)[O-])sc2c[s+]1F. The van der Waals surface area contributed by atoms with Gasteiger partial charge in [-0.2, -0.15) is 0 Å². The Morgan fingerprint density at radius 2 is 2.00 bits per heavy atom. The summed E-state index contributed by atoms with van der Waals surface area (Å²) in [6.07, 6.45) is 5.43. The Labute approximate surface area is 129 Å². The molecule has 0 spiro atoms. The minimum absolute atomic E-state index is 0.0428. The molecule has 0 radical (unpaired) electrons. The molecule has 2 rings (SSSR count). The third kappa shape index (κ3) is 3.68. The molecule has 114 valence electrons. The average molecular weight is 328 g/mol. The van der Waals surface area contributed by atoms with Gasteiger partial charge in [0.1, 0.15) is 0 Å². The lowest BCUT2D eigenvalue weighted by molar-refractivity contribution is -0.254. The number of ketones is 1. The van der Waals surface area contributed by atoms with Gasteiger partial charge in [-0.25, -0.2) is 0 Å². The summed E-state index contributed by atoms with van der Waals surface area (Å²) >= 11 is 0.966. The molecule has 0 aliphatic rings. The van der Waals surface area contributed by atoms with Crippen molar-refractivity contribution in [1.82, 2.24) is 0 Å². The molecule has 2 aromatic rings. The van der Waals surface area contributed by atoms with Crippen molar-refractivity contribution in [2.45, 2.75) is 45.4 Å². The first kappa shape index (κ1) is 16.1. The minimum Gasteiger partial charge on any atom is -0.544 e. The van der Waals surface area contributed by atoms with Crippen LogP contribution in [0.2, 0.25) is 0 Å². The van der Waals surface area contributed by atoms with Crippen molar-refractivity contribution >= 4 is 44.0 Å². The molecule has 2 aromatic heterocycles. The molecule has 6 heteroatoms. The van der Waals surface area contributed by atoms with E-state index < -0.39 is 16.8 Å². The van der Waals surface area contributed by atoms with Crippen molar-refractivity contribution in [3.8, 4) is 0 Å². The fourth-order valence-corrected chi connectivity index (χ4v) is 4.70. The number of rotatable bonds is 8. The number of carbonyl (C=O) groups excluding carboxylic acids is 2. The van der Waals surface area contributed by atoms with Crippen LogP contribution in [0.3, 0.4) is 0 Å². The number of thiophene rings is 2. The van der Waals surface area contributed by atoms with Crippen LogP contribution in [-0.2, 0) is 0 Å². The number of hydrogen-bond donors (Lipinski definition) is 0. The first-order valence-electron chi connectivity index (χ1n) is 7.04. The Balaban J connectivity index is 2.10. The second-order valence-corrected chi connectivity index (χ2v) is 7.29. The Morgan fingerprint density at radius 1 is 1.29 bits per heavy atom. The average Bonchev–Trinajstić information content (AvgIpc) is 2.94. The lowest BCUT2D eigenvalue weighted by Gasteiger charge is -1.97. The summed E-state index contributed by atoms with van der Waals surface area (Å²) < 4.78 is 14.5. The van der Waals surface area contributed by atoms with Gasteiger partial charge in [-0.15, -0.1) is 11.3 Å². The summed E-state index contributed by atoms with van der Waals surface area (Å²) in [6.45, 7) is 2.12. The van der Waals surface area contributed by atoms with Gasteiger partial charge in [-0.05, 0) is 12.5 Å². The van der Waals surface area contributed by atoms with Gasteiger partial charge in [0.2, 0.25) is 16.6 Å². The standard InChI is InChI=1S/C15H17FO3S2/c1-2-3-4-5-6-7-11(17)14-10-8-12(15(18)19)20-13(10)9-21(14)16/h8-9H,2-7H2,1H3. The topological polar surface area (TPSA) is 57.2 Å². The molecule has 0 saturated carbocycles. The number of aromatic carboxylic acids is 1. The molecular formula is C15H17FO3S2. The molecule has 21 heavy (non-hydrogen) atoms. The minimum atomic E-state index is -1.70. The Hall–Kier alpha value is -1.27. The summed E-state index contributed by atoms with van der Waals surface area (Å²) in [5.41, 5.74) is 0. The zero-order valence-corrected chi connectivity index (χ0v) is 13.4. The van der Waals surface area contributed by atoms with Crippen LogP contribution in [-0.4, -0.2) is 11.8 Å². The van der Waals surface area contributed by atoms with Crippen LogP contribution in [0.1, 0.15) is 64.8 Å². The van der Waals surface area contributed by atoms with E-state index in [0.717, 1.165) is 43.4 Å². The fourth-order valence-electron chi connectivity index (χ4n) is 2.29. The number of carboxylic acids is 1. The molecule has 0 fully saturated rings. The highest BCUT2D eigenvalue weighted by Gasteiger charge is 2.29. The predicted molar refractivity (Wildman–Crippen MR) is 82.8 cm³/mol. The van der Waals surface area contributed by atoms with Gasteiger partial charge in [-0.1, -0.05) is 32.6 Å². The van der Waals surface area contributed by atoms with E-state index in [2.05, 4.69) is 6.92 Å². The zero-order valence-electron chi connectivity index (χ0n) is 11.8. The lowest BCUT2D eigenvalue weighted by Crippen LogP contribution is -2.20. The number of carboxylic acid groups (broad SMARTS) is 1. The van der Waals surface area contributed by atoms with Crippen molar-refractivity contribution in [1.29, 1.82) is 0 Å². The summed E-state index contributed by atoms with van der Waals surface area (Å²) in [7, 11) is -1.70. The highest BCUT2D eigenvalue weighted by Crippen LogP contribution is 2.41. The van der Waals surface area contributed by atoms with Crippen LogP contribution in [0.5, 0.6) is 0 Å². The Kier molecular flexibility index (Phi) is 5.47. The summed E-state index contributed by atoms with van der Waals surface area (Å²) in [5.74, 6) is -1.48. The lowest BCUT2D eigenvalue weighted by atomic mass is 10.1. The number of hydrogen-bond acceptors (Lipinski definition) is 4. The fraction of sp³-hybridized carbons (Fsp3) is 0.467. The van der Waals surface area contributed by atoms with Crippen LogP contribution in [0.25, 0.3) is 10.1 Å². The van der Waals surface area contributed by atoms with E-state index in [-0.39, 0.29) is 15.5 Å². The molecule has 2 heterocycles. The van der Waals surface area contributed by atoms with E-state index in [1.807, 2.05) is 0 Å². The van der Waals surface area contributed by atoms with Crippen LogP contribution >= 0.6 is 22.2 Å². The number of Topliss-reactive ketones (excluding diaryl/α,β-unsaturated/α-hetero) is 1. The van der Waals surface area contributed by atoms with E-state index in [0.29, 0.717) is 16.5 Å². The third-order valence-electron chi connectivity index (χ3n) is 3.37. The van der Waals surface area contributed by atoms with E-state index in [9.17, 15) is 18.6 Å². The molecule has 1 atom stereocenters. The molecule has 0 aliphatic carbocycles. The quantitative estimate of drug-likeness (QED) is 0.412. The summed E-state index contributed by atoms with van der Waals surface area (Å²) in [4.78, 5) is 23.2. The Bertz CT molecular complexity index is 657. The van der Waals surface area contributed by atoms with Gasteiger partial charge < -0.3 is 9.90 Å². The third-order valence-corrected chi connectivity index (χ3v) is 5.86. The first-order valence-corrected chi connectivity index (χ1v) is 9.05. The van der Waals surface area contributed by atoms with Crippen LogP contribution in [0.4, 0.5) is 3.89 Å². The molecule has 0 N–H and O–H groups in total. The van der Waals surface area contributed by atoms with E-state index in [4.69, 9.17) is 0 Å². The Morgan fingerprint density at radius 3 is 2.67 bits per heavy atom. The van der Waals surface area contributed by atoms with Gasteiger partial charge in [0.05, 0.1) is 20.9 Å². The number of carbonyl (C=O) groups is 2. The van der Waals surface area contributed by atoms with Gasteiger partial charge >= 0.3 is 0 Å². The van der Waals surface area contributed by atoms with Gasteiger partial charge in [0.15, 0.2) is 5.38 Å². The number of halogens is 1. The van der Waals surface area contributed by atoms with Crippen molar-refractivity contribution in [3.05, 3.63) is 21.2 Å². The molecule has 0 aliphatic heterocycles. The van der Waals surface area contributed by atoms with Crippen LogP contribution in [0, 0.1) is 0 Å². The smallest absolute Gasteiger partial charge is 0.268 e. The second kappa shape index (κ2) is 7.13. The molecule has 0 amide bonds. The largest absolute Gasteiger partial charge is 0.544 e. The summed E-state index contributed by atoms with van der Waals surface area (Å²) in [6, 6.07) is 1.36. The number of fused-ring (bicyclic) bond motifs is 1. The van der Waals surface area contributed by atoms with Crippen molar-refractivity contribution in [2.75, 3.05) is 0 Å². The van der Waals surface area contributed by atoms with Gasteiger partial charge in [0, 0.05) is 10.3 Å². The molecule has 1 unspecified atom stereocenters. The van der Waals surface area contributed by atoms with Crippen molar-refractivity contribution in [2.24, 2.45) is 0 Å². The van der Waals surface area contributed by atoms with Crippen molar-refractivity contribution in [3.63, 3.8) is 0 Å². The van der Waals surface area contributed by atoms with Crippen molar-refractivity contribution < 1.29 is 18.6 Å². The normalized spacial score (nSPS) is 12.0. The van der Waals surface area contributed by atoms with Gasteiger partial charge in [0.25, 0.3) is 4.88 Å². The maximum Gasteiger partial charge on any atom is 0.268 e. The second-order valence-electron chi connectivity index (χ2n) is 4.99. The molecule has 0 bridgehead atoms. The maximum atomic E-state index is 14.0. The molecule has 0 saturated heterocycles. The molecule has 0 aromatic carbocycles. The maximum absolute atomic E-state index is 14.0. The van der Waals surface area contributed by atoms with Crippen LogP contribution < -0.4 is 5.11 Å². The predicted octanol–water partition coefficient (Wildman–Crippen LogP) is 4.29. The van der Waals surface area contributed by atoms with E-state index in [1.54, 1.807) is 0 Å². The monoisotopic (exact) mass is 328 g/mol. The van der Waals surface area contributed by atoms with E-state index >= 15 is 0 Å². The molecule has 3 nitrogen and oxygen atoms in total. The highest BCUT2D eigenvalue weighted by molar-refractivity contribution is 7.31. The summed E-state index contributed by atoms with van der Waals surface area (Å²) in [5, 5.41) is 12.6. The highest BCUT2D eigenvalue weighted by atomic mass is 32.2. The van der Waals surface area contributed by atoms with Gasteiger partial charge in [-0.3, -0.25) is 4.79 Å². The number of unbranched alkanes of at least 4 members (excludes halogenated alkanes) is 4. The van der Waals surface area contributed by atoms with E-state index in [1.165, 1.54) is 11.4 Å². The molecular weight excluding hydrogens is 311 g/mol. The zero-order chi connectivity index (χ0) is 15.4. The first-order chi connectivity index (χ1) is 10.0. The van der Waals surface area contributed by atoms with Crippen LogP contribution in [0.15, 0.2) is 11.4 Å².